The first-order valence-electron chi connectivity index (χ1n) is 8.63. The summed E-state index contributed by atoms with van der Waals surface area (Å²) in [6, 6.07) is 17.3. The van der Waals surface area contributed by atoms with Gasteiger partial charge in [0.1, 0.15) is 0 Å². The van der Waals surface area contributed by atoms with Gasteiger partial charge in [0.05, 0.1) is 11.8 Å². The number of carbonyl (C=O) groups is 2. The van der Waals surface area contributed by atoms with E-state index in [-0.39, 0.29) is 24.3 Å². The van der Waals surface area contributed by atoms with Crippen LogP contribution in [0.1, 0.15) is 42.4 Å². The highest BCUT2D eigenvalue weighted by atomic mass is 16.4. The first-order valence-corrected chi connectivity index (χ1v) is 8.63. The number of hydrogen-bond acceptors (Lipinski definition) is 2. The Bertz CT molecular complexity index is 770. The molecule has 0 radical (unpaired) electrons. The molecule has 0 aromatic heterocycles. The van der Waals surface area contributed by atoms with Gasteiger partial charge in [-0.3, -0.25) is 9.59 Å². The molecule has 0 saturated heterocycles. The highest BCUT2D eigenvalue weighted by molar-refractivity contribution is 5.86. The average molecular weight is 337 g/mol. The van der Waals surface area contributed by atoms with Crippen LogP contribution >= 0.6 is 0 Å². The van der Waals surface area contributed by atoms with Crippen LogP contribution in [-0.4, -0.2) is 28.4 Å². The van der Waals surface area contributed by atoms with Crippen molar-refractivity contribution in [3.63, 3.8) is 0 Å². The smallest absolute Gasteiger partial charge is 0.312 e. The van der Waals surface area contributed by atoms with E-state index in [1.807, 2.05) is 68.4 Å². The standard InChI is InChI=1S/C21H23NO3/c1-14(2)19(15-8-4-3-5-9-15)20(23)22-12-16-10-6-7-11-17(16)18(13-22)21(24)25/h3-11,14,18-19H,12-13H2,1-2H3,(H,24,25). The number of carbonyl (C=O) groups excluding carboxylic acids is 1. The number of aliphatic carboxylic acids is 1. The molecule has 25 heavy (non-hydrogen) atoms. The Kier molecular flexibility index (Phi) is 4.88. The molecule has 1 aliphatic rings. The van der Waals surface area contributed by atoms with E-state index in [4.69, 9.17) is 0 Å². The lowest BCUT2D eigenvalue weighted by molar-refractivity contribution is -0.142. The minimum absolute atomic E-state index is 0.00181. The number of rotatable bonds is 4. The first kappa shape index (κ1) is 17.2. The second-order valence-electron chi connectivity index (χ2n) is 6.94. The topological polar surface area (TPSA) is 57.6 Å². The van der Waals surface area contributed by atoms with Crippen LogP contribution in [0, 0.1) is 5.92 Å². The lowest BCUT2D eigenvalue weighted by atomic mass is 9.84. The number of hydrogen-bond donors (Lipinski definition) is 1. The van der Waals surface area contributed by atoms with Gasteiger partial charge < -0.3 is 10.0 Å². The third kappa shape index (κ3) is 3.43. The van der Waals surface area contributed by atoms with Gasteiger partial charge in [-0.2, -0.15) is 0 Å². The number of benzene rings is 2. The van der Waals surface area contributed by atoms with Crippen molar-refractivity contribution in [3.8, 4) is 0 Å². The van der Waals surface area contributed by atoms with Gasteiger partial charge in [-0.05, 0) is 22.6 Å². The van der Waals surface area contributed by atoms with E-state index in [1.165, 1.54) is 0 Å². The van der Waals surface area contributed by atoms with Crippen molar-refractivity contribution in [2.24, 2.45) is 5.92 Å². The van der Waals surface area contributed by atoms with Gasteiger partial charge >= 0.3 is 5.97 Å². The van der Waals surface area contributed by atoms with Crippen LogP contribution < -0.4 is 0 Å². The number of nitrogens with zero attached hydrogens (tertiary/aromatic N) is 1. The summed E-state index contributed by atoms with van der Waals surface area (Å²) >= 11 is 0. The van der Waals surface area contributed by atoms with Gasteiger partial charge in [0, 0.05) is 13.1 Å². The Balaban J connectivity index is 1.93. The molecular formula is C21H23NO3. The van der Waals surface area contributed by atoms with Crippen LogP contribution in [0.15, 0.2) is 54.6 Å². The highest BCUT2D eigenvalue weighted by Gasteiger charge is 2.36. The third-order valence-corrected chi connectivity index (χ3v) is 4.90. The lowest BCUT2D eigenvalue weighted by Gasteiger charge is -2.36. The van der Waals surface area contributed by atoms with Crippen molar-refractivity contribution in [1.82, 2.24) is 4.90 Å². The molecule has 0 aliphatic carbocycles. The molecule has 130 valence electrons. The fourth-order valence-corrected chi connectivity index (χ4v) is 3.66. The second-order valence-corrected chi connectivity index (χ2v) is 6.94. The predicted octanol–water partition coefficient (Wildman–Crippen LogP) is 3.64. The molecule has 2 unspecified atom stereocenters. The Morgan fingerprint density at radius 1 is 1.04 bits per heavy atom. The molecule has 1 amide bonds. The third-order valence-electron chi connectivity index (χ3n) is 4.90. The Labute approximate surface area is 148 Å². The molecule has 0 saturated carbocycles. The van der Waals surface area contributed by atoms with Crippen molar-refractivity contribution >= 4 is 11.9 Å². The van der Waals surface area contributed by atoms with E-state index in [9.17, 15) is 14.7 Å². The van der Waals surface area contributed by atoms with E-state index in [1.54, 1.807) is 4.90 Å². The van der Waals surface area contributed by atoms with Crippen LogP contribution in [0.25, 0.3) is 0 Å². The Hall–Kier alpha value is -2.62. The van der Waals surface area contributed by atoms with Crippen LogP contribution in [0.3, 0.4) is 0 Å². The number of amides is 1. The normalized spacial score (nSPS) is 17.9. The van der Waals surface area contributed by atoms with Crippen LogP contribution in [0.4, 0.5) is 0 Å². The summed E-state index contributed by atoms with van der Waals surface area (Å²) in [5, 5.41) is 9.61. The molecule has 2 aromatic carbocycles. The molecule has 4 nitrogen and oxygen atoms in total. The van der Waals surface area contributed by atoms with Gasteiger partial charge in [0.25, 0.3) is 0 Å². The highest BCUT2D eigenvalue weighted by Crippen LogP contribution is 2.33. The largest absolute Gasteiger partial charge is 0.481 e. The summed E-state index contributed by atoms with van der Waals surface area (Å²) in [6.07, 6.45) is 0. The summed E-state index contributed by atoms with van der Waals surface area (Å²) in [7, 11) is 0. The fourth-order valence-electron chi connectivity index (χ4n) is 3.66. The SMILES string of the molecule is CC(C)C(C(=O)N1Cc2ccccc2C(C(=O)O)C1)c1ccccc1. The van der Waals surface area contributed by atoms with Gasteiger partial charge in [0.15, 0.2) is 0 Å². The fraction of sp³-hybridized carbons (Fsp3) is 0.333. The van der Waals surface area contributed by atoms with E-state index < -0.39 is 11.9 Å². The van der Waals surface area contributed by atoms with E-state index in [0.29, 0.717) is 6.54 Å². The maximum absolute atomic E-state index is 13.3. The summed E-state index contributed by atoms with van der Waals surface area (Å²) in [6.45, 7) is 4.75. The molecular weight excluding hydrogens is 314 g/mol. The van der Waals surface area contributed by atoms with Gasteiger partial charge in [-0.25, -0.2) is 0 Å². The second kappa shape index (κ2) is 7.09. The molecule has 0 bridgehead atoms. The van der Waals surface area contributed by atoms with Crippen molar-refractivity contribution in [1.29, 1.82) is 0 Å². The van der Waals surface area contributed by atoms with Crippen molar-refractivity contribution in [3.05, 3.63) is 71.3 Å². The molecule has 0 fully saturated rings. The minimum Gasteiger partial charge on any atom is -0.481 e. The molecule has 1 heterocycles. The zero-order chi connectivity index (χ0) is 18.0. The number of fused-ring (bicyclic) bond motifs is 1. The van der Waals surface area contributed by atoms with Gasteiger partial charge in [0.2, 0.25) is 5.91 Å². The first-order chi connectivity index (χ1) is 12.0. The van der Waals surface area contributed by atoms with Crippen molar-refractivity contribution < 1.29 is 14.7 Å². The van der Waals surface area contributed by atoms with E-state index in [2.05, 4.69) is 0 Å². The van der Waals surface area contributed by atoms with Crippen LogP contribution in [0.2, 0.25) is 0 Å². The zero-order valence-electron chi connectivity index (χ0n) is 14.6. The number of carboxylic acid groups (broad SMARTS) is 1. The molecule has 3 rings (SSSR count). The molecule has 0 spiro atoms. The molecule has 2 atom stereocenters. The summed E-state index contributed by atoms with van der Waals surface area (Å²) in [5.74, 6) is -1.68. The summed E-state index contributed by atoms with van der Waals surface area (Å²) in [4.78, 5) is 26.7. The van der Waals surface area contributed by atoms with Crippen LogP contribution in [0.5, 0.6) is 0 Å². The monoisotopic (exact) mass is 337 g/mol. The lowest BCUT2D eigenvalue weighted by Crippen LogP contribution is -2.43. The maximum Gasteiger partial charge on any atom is 0.312 e. The summed E-state index contributed by atoms with van der Waals surface area (Å²) < 4.78 is 0. The van der Waals surface area contributed by atoms with Gasteiger partial charge in [-0.15, -0.1) is 0 Å². The molecule has 1 N–H and O–H groups in total. The zero-order valence-corrected chi connectivity index (χ0v) is 14.6. The molecule has 2 aromatic rings. The van der Waals surface area contributed by atoms with Gasteiger partial charge in [-0.1, -0.05) is 68.4 Å². The summed E-state index contributed by atoms with van der Waals surface area (Å²) in [5.41, 5.74) is 2.72. The quantitative estimate of drug-likeness (QED) is 0.927. The maximum atomic E-state index is 13.3. The Morgan fingerprint density at radius 2 is 1.68 bits per heavy atom. The van der Waals surface area contributed by atoms with E-state index >= 15 is 0 Å². The van der Waals surface area contributed by atoms with Crippen LogP contribution in [-0.2, 0) is 16.1 Å². The van der Waals surface area contributed by atoms with Crippen molar-refractivity contribution in [2.75, 3.05) is 6.54 Å². The predicted molar refractivity (Wildman–Crippen MR) is 96.3 cm³/mol. The Morgan fingerprint density at radius 3 is 2.32 bits per heavy atom. The van der Waals surface area contributed by atoms with Crippen molar-refractivity contribution in [2.45, 2.75) is 32.2 Å². The average Bonchev–Trinajstić information content (AvgIpc) is 2.61. The van der Waals surface area contributed by atoms with E-state index in [0.717, 1.165) is 16.7 Å². The molecule has 4 heteroatoms. The number of carboxylic acids is 1. The molecule has 1 aliphatic heterocycles. The minimum atomic E-state index is -0.884.